The van der Waals surface area contributed by atoms with Crippen molar-refractivity contribution in [3.05, 3.63) is 65.7 Å². The molecule has 0 aliphatic carbocycles. The minimum absolute atomic E-state index is 0.221. The molecule has 26 heavy (non-hydrogen) atoms. The van der Waals surface area contributed by atoms with Crippen molar-refractivity contribution >= 4 is 33.9 Å². The number of halogens is 1. The molecule has 3 aromatic heterocycles. The van der Waals surface area contributed by atoms with E-state index < -0.39 is 0 Å². The smallest absolute Gasteiger partial charge is 0.253 e. The maximum Gasteiger partial charge on any atom is 0.253 e. The van der Waals surface area contributed by atoms with Crippen molar-refractivity contribution in [1.82, 2.24) is 20.2 Å². The highest BCUT2D eigenvalue weighted by Gasteiger charge is 2.07. The molecule has 0 atom stereocenters. The fourth-order valence-corrected chi connectivity index (χ4v) is 2.58. The first kappa shape index (κ1) is 16.3. The zero-order valence-electron chi connectivity index (χ0n) is 13.8. The van der Waals surface area contributed by atoms with Crippen LogP contribution in [0.5, 0.6) is 5.75 Å². The van der Waals surface area contributed by atoms with E-state index in [1.165, 1.54) is 0 Å². The summed E-state index contributed by atoms with van der Waals surface area (Å²) >= 11 is 5.82. The number of rotatable bonds is 5. The number of aryl methyl sites for hydroxylation is 1. The van der Waals surface area contributed by atoms with E-state index in [-0.39, 0.29) is 6.61 Å². The van der Waals surface area contributed by atoms with Crippen LogP contribution in [0.2, 0.25) is 5.15 Å². The molecule has 0 aliphatic rings. The first-order valence-electron chi connectivity index (χ1n) is 7.86. The quantitative estimate of drug-likeness (QED) is 0.526. The molecule has 0 amide bonds. The van der Waals surface area contributed by atoms with Crippen LogP contribution in [0.15, 0.2) is 53.2 Å². The van der Waals surface area contributed by atoms with Gasteiger partial charge in [-0.25, -0.2) is 9.97 Å². The van der Waals surface area contributed by atoms with Gasteiger partial charge in [-0.15, -0.1) is 10.2 Å². The Bertz CT molecular complexity index is 1050. The Balaban J connectivity index is 1.56. The molecule has 0 saturated carbocycles. The minimum atomic E-state index is 0.221. The highest BCUT2D eigenvalue weighted by atomic mass is 35.5. The van der Waals surface area contributed by atoms with Crippen LogP contribution in [0.25, 0.3) is 10.8 Å². The van der Waals surface area contributed by atoms with Gasteiger partial charge < -0.3 is 14.5 Å². The van der Waals surface area contributed by atoms with E-state index in [1.54, 1.807) is 25.4 Å². The van der Waals surface area contributed by atoms with Crippen LogP contribution in [-0.2, 0) is 6.61 Å². The van der Waals surface area contributed by atoms with Gasteiger partial charge >= 0.3 is 0 Å². The number of hydrogen-bond donors (Lipinski definition) is 1. The summed E-state index contributed by atoms with van der Waals surface area (Å²) in [5, 5.41) is 13.3. The number of benzene rings is 1. The molecule has 0 saturated heterocycles. The van der Waals surface area contributed by atoms with Gasteiger partial charge in [-0.05, 0) is 41.8 Å². The summed E-state index contributed by atoms with van der Waals surface area (Å²) in [6, 6.07) is 11.2. The number of pyridine rings is 2. The SMILES string of the molecule is Cc1nnc(COc2ccc3c(Nc4ccc(Cl)nc4)nccc3c2)o1. The zero-order chi connectivity index (χ0) is 17.9. The van der Waals surface area contributed by atoms with Crippen LogP contribution in [-0.4, -0.2) is 20.2 Å². The number of anilines is 2. The second-order valence-electron chi connectivity index (χ2n) is 5.54. The van der Waals surface area contributed by atoms with Crippen LogP contribution in [0.1, 0.15) is 11.8 Å². The van der Waals surface area contributed by atoms with Crippen molar-refractivity contribution in [1.29, 1.82) is 0 Å². The molecule has 4 rings (SSSR count). The molecule has 0 unspecified atom stereocenters. The van der Waals surface area contributed by atoms with Crippen LogP contribution >= 0.6 is 11.6 Å². The van der Waals surface area contributed by atoms with E-state index in [0.717, 1.165) is 22.3 Å². The third kappa shape index (κ3) is 3.57. The summed E-state index contributed by atoms with van der Waals surface area (Å²) in [4.78, 5) is 8.46. The van der Waals surface area contributed by atoms with E-state index in [4.69, 9.17) is 20.8 Å². The Morgan fingerprint density at radius 3 is 2.81 bits per heavy atom. The summed E-state index contributed by atoms with van der Waals surface area (Å²) in [7, 11) is 0. The minimum Gasteiger partial charge on any atom is -0.484 e. The summed E-state index contributed by atoms with van der Waals surface area (Å²) < 4.78 is 11.0. The molecule has 0 bridgehead atoms. The van der Waals surface area contributed by atoms with Gasteiger partial charge in [0.05, 0.1) is 11.9 Å². The summed E-state index contributed by atoms with van der Waals surface area (Å²) in [5.74, 6) is 2.39. The molecule has 130 valence electrons. The molecule has 4 aromatic rings. The molecule has 1 N–H and O–H groups in total. The first-order chi connectivity index (χ1) is 12.7. The van der Waals surface area contributed by atoms with Gasteiger partial charge in [-0.1, -0.05) is 11.6 Å². The summed E-state index contributed by atoms with van der Waals surface area (Å²) in [5.41, 5.74) is 0.807. The number of aromatic nitrogens is 4. The van der Waals surface area contributed by atoms with Crippen molar-refractivity contribution in [3.8, 4) is 5.75 Å². The van der Waals surface area contributed by atoms with E-state index in [1.807, 2.05) is 30.3 Å². The first-order valence-corrected chi connectivity index (χ1v) is 8.24. The van der Waals surface area contributed by atoms with Crippen LogP contribution in [0.4, 0.5) is 11.5 Å². The van der Waals surface area contributed by atoms with Crippen molar-refractivity contribution in [2.75, 3.05) is 5.32 Å². The third-order valence-corrected chi connectivity index (χ3v) is 3.88. The Kier molecular flexibility index (Phi) is 4.37. The Hall–Kier alpha value is -3.19. The second kappa shape index (κ2) is 6.97. The Labute approximate surface area is 154 Å². The maximum atomic E-state index is 5.82. The average molecular weight is 368 g/mol. The molecule has 3 heterocycles. The fourth-order valence-electron chi connectivity index (χ4n) is 2.47. The van der Waals surface area contributed by atoms with Gasteiger partial charge in [-0.2, -0.15) is 0 Å². The van der Waals surface area contributed by atoms with E-state index >= 15 is 0 Å². The van der Waals surface area contributed by atoms with Crippen molar-refractivity contribution in [2.45, 2.75) is 13.5 Å². The highest BCUT2D eigenvalue weighted by molar-refractivity contribution is 6.29. The molecule has 7 nitrogen and oxygen atoms in total. The van der Waals surface area contributed by atoms with Gasteiger partial charge in [0, 0.05) is 18.5 Å². The number of nitrogens with one attached hydrogen (secondary N) is 1. The Morgan fingerprint density at radius 2 is 2.04 bits per heavy atom. The molecule has 0 spiro atoms. The third-order valence-electron chi connectivity index (χ3n) is 3.66. The number of nitrogens with zero attached hydrogens (tertiary/aromatic N) is 4. The lowest BCUT2D eigenvalue weighted by molar-refractivity contribution is 0.260. The number of hydrogen-bond acceptors (Lipinski definition) is 7. The molecular formula is C18H14ClN5O2. The fraction of sp³-hybridized carbons (Fsp3) is 0.111. The number of ether oxygens (including phenoxy) is 1. The average Bonchev–Trinajstić information content (AvgIpc) is 3.07. The maximum absolute atomic E-state index is 5.82. The van der Waals surface area contributed by atoms with Gasteiger partial charge in [-0.3, -0.25) is 0 Å². The van der Waals surface area contributed by atoms with E-state index in [2.05, 4.69) is 25.5 Å². The lowest BCUT2D eigenvalue weighted by Gasteiger charge is -2.10. The molecule has 0 fully saturated rings. The summed E-state index contributed by atoms with van der Waals surface area (Å²) in [6.45, 7) is 1.96. The molecule has 0 radical (unpaired) electrons. The lowest BCUT2D eigenvalue weighted by Crippen LogP contribution is -1.97. The summed E-state index contributed by atoms with van der Waals surface area (Å²) in [6.07, 6.45) is 3.39. The van der Waals surface area contributed by atoms with Crippen LogP contribution < -0.4 is 10.1 Å². The topological polar surface area (TPSA) is 86.0 Å². The van der Waals surface area contributed by atoms with Gasteiger partial charge in [0.1, 0.15) is 16.7 Å². The van der Waals surface area contributed by atoms with Gasteiger partial charge in [0.25, 0.3) is 5.89 Å². The zero-order valence-corrected chi connectivity index (χ0v) is 14.6. The number of fused-ring (bicyclic) bond motifs is 1. The van der Waals surface area contributed by atoms with Crippen LogP contribution in [0, 0.1) is 6.92 Å². The molecule has 1 aromatic carbocycles. The molecule has 0 aliphatic heterocycles. The predicted molar refractivity (Wildman–Crippen MR) is 97.6 cm³/mol. The second-order valence-corrected chi connectivity index (χ2v) is 5.93. The standard InChI is InChI=1S/C18H14ClN5O2/c1-11-23-24-17(26-11)10-25-14-3-4-15-12(8-14)6-7-20-18(15)22-13-2-5-16(19)21-9-13/h2-9H,10H2,1H3,(H,20,22). The largest absolute Gasteiger partial charge is 0.484 e. The van der Waals surface area contributed by atoms with Crippen molar-refractivity contribution in [2.24, 2.45) is 0 Å². The lowest BCUT2D eigenvalue weighted by atomic mass is 10.1. The predicted octanol–water partition coefficient (Wildman–Crippen LogP) is 4.30. The van der Waals surface area contributed by atoms with E-state index in [9.17, 15) is 0 Å². The van der Waals surface area contributed by atoms with Crippen LogP contribution in [0.3, 0.4) is 0 Å². The van der Waals surface area contributed by atoms with E-state index in [0.29, 0.717) is 22.7 Å². The Morgan fingerprint density at radius 1 is 1.12 bits per heavy atom. The molecular weight excluding hydrogens is 354 g/mol. The highest BCUT2D eigenvalue weighted by Crippen LogP contribution is 2.28. The normalized spacial score (nSPS) is 10.8. The monoisotopic (exact) mass is 367 g/mol. The molecule has 8 heteroatoms. The van der Waals surface area contributed by atoms with Gasteiger partial charge in [0.15, 0.2) is 6.61 Å². The van der Waals surface area contributed by atoms with Gasteiger partial charge in [0.2, 0.25) is 5.89 Å². The van der Waals surface area contributed by atoms with Crippen molar-refractivity contribution < 1.29 is 9.15 Å². The van der Waals surface area contributed by atoms with Crippen molar-refractivity contribution in [3.63, 3.8) is 0 Å².